The van der Waals surface area contributed by atoms with Gasteiger partial charge in [-0.1, -0.05) is 6.07 Å². The highest BCUT2D eigenvalue weighted by Crippen LogP contribution is 2.26. The maximum absolute atomic E-state index is 8.98. The second kappa shape index (κ2) is 3.69. The predicted octanol–water partition coefficient (Wildman–Crippen LogP) is 1.22. The van der Waals surface area contributed by atoms with Crippen LogP contribution < -0.4 is 11.1 Å². The average molecular weight is 187 g/mol. The number of nitrogens with one attached hydrogen (secondary N) is 1. The van der Waals surface area contributed by atoms with Crippen molar-refractivity contribution in [2.45, 2.75) is 12.3 Å². The van der Waals surface area contributed by atoms with Gasteiger partial charge in [0.15, 0.2) is 0 Å². The largest absolute Gasteiger partial charge is 0.399 e. The highest BCUT2D eigenvalue weighted by Gasteiger charge is 2.19. The van der Waals surface area contributed by atoms with Crippen LogP contribution in [0.2, 0.25) is 0 Å². The summed E-state index contributed by atoms with van der Waals surface area (Å²) in [7, 11) is 0. The molecule has 1 aliphatic heterocycles. The molecular formula is C11H13N3. The molecule has 1 fully saturated rings. The monoisotopic (exact) mass is 187 g/mol. The van der Waals surface area contributed by atoms with Gasteiger partial charge in [0, 0.05) is 12.2 Å². The lowest BCUT2D eigenvalue weighted by Gasteiger charge is -2.10. The van der Waals surface area contributed by atoms with Crippen molar-refractivity contribution in [2.24, 2.45) is 0 Å². The zero-order chi connectivity index (χ0) is 9.97. The predicted molar refractivity (Wildman–Crippen MR) is 55.8 cm³/mol. The molecule has 1 unspecified atom stereocenters. The lowest BCUT2D eigenvalue weighted by molar-refractivity contribution is 0.761. The molecule has 3 heteroatoms. The molecule has 0 bridgehead atoms. The van der Waals surface area contributed by atoms with E-state index in [1.807, 2.05) is 12.1 Å². The maximum atomic E-state index is 8.98. The van der Waals surface area contributed by atoms with E-state index in [1.54, 1.807) is 6.07 Å². The standard InChI is InChI=1S/C11H13N3/c12-6-9-5-10(13)1-2-11(9)8-3-4-14-7-8/h1-2,5,8,14H,3-4,7,13H2. The molecule has 3 nitrogen and oxygen atoms in total. The van der Waals surface area contributed by atoms with Crippen LogP contribution in [-0.4, -0.2) is 13.1 Å². The zero-order valence-electron chi connectivity index (χ0n) is 7.96. The number of nitrogens with two attached hydrogens (primary N) is 1. The highest BCUT2D eigenvalue weighted by atomic mass is 14.9. The molecule has 1 aromatic carbocycles. The molecule has 0 saturated carbocycles. The summed E-state index contributed by atoms with van der Waals surface area (Å²) in [5.41, 5.74) is 8.15. The number of benzene rings is 1. The molecule has 1 saturated heterocycles. The van der Waals surface area contributed by atoms with Crippen molar-refractivity contribution in [2.75, 3.05) is 18.8 Å². The van der Waals surface area contributed by atoms with E-state index >= 15 is 0 Å². The normalized spacial score (nSPS) is 20.6. The van der Waals surface area contributed by atoms with Crippen molar-refractivity contribution in [3.63, 3.8) is 0 Å². The number of nitriles is 1. The lowest BCUT2D eigenvalue weighted by atomic mass is 9.94. The Labute approximate surface area is 83.5 Å². The number of hydrogen-bond acceptors (Lipinski definition) is 3. The topological polar surface area (TPSA) is 61.8 Å². The Morgan fingerprint density at radius 1 is 1.50 bits per heavy atom. The van der Waals surface area contributed by atoms with Crippen LogP contribution in [0.1, 0.15) is 23.5 Å². The summed E-state index contributed by atoms with van der Waals surface area (Å²) in [5.74, 6) is 0.477. The molecule has 1 atom stereocenters. The lowest BCUT2D eigenvalue weighted by Crippen LogP contribution is -2.09. The molecule has 72 valence electrons. The quantitative estimate of drug-likeness (QED) is 0.650. The maximum Gasteiger partial charge on any atom is 0.0995 e. The fourth-order valence-corrected chi connectivity index (χ4v) is 1.95. The first-order valence-corrected chi connectivity index (χ1v) is 4.81. The zero-order valence-corrected chi connectivity index (χ0v) is 7.96. The molecule has 14 heavy (non-hydrogen) atoms. The van der Waals surface area contributed by atoms with Gasteiger partial charge in [0.2, 0.25) is 0 Å². The summed E-state index contributed by atoms with van der Waals surface area (Å²) >= 11 is 0. The van der Waals surface area contributed by atoms with E-state index < -0.39 is 0 Å². The van der Waals surface area contributed by atoms with Gasteiger partial charge in [0.05, 0.1) is 11.6 Å². The van der Waals surface area contributed by atoms with Gasteiger partial charge in [0.25, 0.3) is 0 Å². The number of anilines is 1. The SMILES string of the molecule is N#Cc1cc(N)ccc1C1CCNC1. The molecule has 1 heterocycles. The van der Waals surface area contributed by atoms with E-state index in [9.17, 15) is 0 Å². The van der Waals surface area contributed by atoms with Gasteiger partial charge < -0.3 is 11.1 Å². The van der Waals surface area contributed by atoms with Gasteiger partial charge in [-0.05, 0) is 36.6 Å². The number of hydrogen-bond donors (Lipinski definition) is 2. The Bertz CT molecular complexity index is 373. The van der Waals surface area contributed by atoms with Crippen LogP contribution in [0.15, 0.2) is 18.2 Å². The van der Waals surface area contributed by atoms with Gasteiger partial charge in [0.1, 0.15) is 0 Å². The first-order valence-electron chi connectivity index (χ1n) is 4.81. The second-order valence-electron chi connectivity index (χ2n) is 3.65. The van der Waals surface area contributed by atoms with Gasteiger partial charge in [-0.3, -0.25) is 0 Å². The van der Waals surface area contributed by atoms with E-state index in [2.05, 4.69) is 11.4 Å². The minimum atomic E-state index is 0.477. The Balaban J connectivity index is 2.37. The molecule has 0 amide bonds. The molecule has 0 spiro atoms. The van der Waals surface area contributed by atoms with E-state index in [4.69, 9.17) is 11.0 Å². The van der Waals surface area contributed by atoms with E-state index in [0.717, 1.165) is 30.6 Å². The van der Waals surface area contributed by atoms with Gasteiger partial charge in [-0.25, -0.2) is 0 Å². The molecule has 2 rings (SSSR count). The minimum Gasteiger partial charge on any atom is -0.399 e. The van der Waals surface area contributed by atoms with Crippen LogP contribution in [0.3, 0.4) is 0 Å². The van der Waals surface area contributed by atoms with Gasteiger partial charge in [-0.2, -0.15) is 5.26 Å². The molecule has 1 aliphatic rings. The number of rotatable bonds is 1. The molecule has 0 radical (unpaired) electrons. The fourth-order valence-electron chi connectivity index (χ4n) is 1.95. The van der Waals surface area contributed by atoms with Crippen LogP contribution in [0.25, 0.3) is 0 Å². The van der Waals surface area contributed by atoms with Crippen molar-refractivity contribution in [1.29, 1.82) is 5.26 Å². The third-order valence-electron chi connectivity index (χ3n) is 2.70. The summed E-state index contributed by atoms with van der Waals surface area (Å²) in [6, 6.07) is 7.81. The molecular weight excluding hydrogens is 174 g/mol. The Morgan fingerprint density at radius 3 is 3.00 bits per heavy atom. The molecule has 1 aromatic rings. The van der Waals surface area contributed by atoms with Crippen molar-refractivity contribution in [3.05, 3.63) is 29.3 Å². The van der Waals surface area contributed by atoms with Crippen LogP contribution in [0.4, 0.5) is 5.69 Å². The fraction of sp³-hybridized carbons (Fsp3) is 0.364. The summed E-state index contributed by atoms with van der Waals surface area (Å²) in [4.78, 5) is 0. The van der Waals surface area contributed by atoms with Crippen molar-refractivity contribution in [1.82, 2.24) is 5.32 Å². The van der Waals surface area contributed by atoms with Gasteiger partial charge in [-0.15, -0.1) is 0 Å². The Hall–Kier alpha value is -1.53. The summed E-state index contributed by atoms with van der Waals surface area (Å²) in [6.45, 7) is 2.01. The highest BCUT2D eigenvalue weighted by molar-refractivity contribution is 5.51. The van der Waals surface area contributed by atoms with Crippen molar-refractivity contribution >= 4 is 5.69 Å². The summed E-state index contributed by atoms with van der Waals surface area (Å²) in [6.07, 6.45) is 1.11. The summed E-state index contributed by atoms with van der Waals surface area (Å²) < 4.78 is 0. The van der Waals surface area contributed by atoms with Crippen LogP contribution in [0, 0.1) is 11.3 Å². The van der Waals surface area contributed by atoms with E-state index in [1.165, 1.54) is 0 Å². The van der Waals surface area contributed by atoms with E-state index in [-0.39, 0.29) is 0 Å². The third kappa shape index (κ3) is 1.57. The minimum absolute atomic E-state index is 0.477. The van der Waals surface area contributed by atoms with E-state index in [0.29, 0.717) is 11.6 Å². The van der Waals surface area contributed by atoms with Gasteiger partial charge >= 0.3 is 0 Å². The summed E-state index contributed by atoms with van der Waals surface area (Å²) in [5, 5.41) is 12.3. The molecule has 0 aliphatic carbocycles. The van der Waals surface area contributed by atoms with Crippen LogP contribution >= 0.6 is 0 Å². The second-order valence-corrected chi connectivity index (χ2v) is 3.65. The first-order chi connectivity index (χ1) is 6.81. The smallest absolute Gasteiger partial charge is 0.0995 e. The van der Waals surface area contributed by atoms with Crippen molar-refractivity contribution < 1.29 is 0 Å². The Kier molecular flexibility index (Phi) is 2.38. The van der Waals surface area contributed by atoms with Crippen LogP contribution in [-0.2, 0) is 0 Å². The first kappa shape index (κ1) is 9.04. The Morgan fingerprint density at radius 2 is 2.36 bits per heavy atom. The third-order valence-corrected chi connectivity index (χ3v) is 2.70. The number of nitrogen functional groups attached to an aromatic ring is 1. The molecule has 3 N–H and O–H groups in total. The van der Waals surface area contributed by atoms with Crippen LogP contribution in [0.5, 0.6) is 0 Å². The average Bonchev–Trinajstić information content (AvgIpc) is 2.70. The van der Waals surface area contributed by atoms with Crippen molar-refractivity contribution in [3.8, 4) is 6.07 Å². The number of nitrogens with zero attached hydrogens (tertiary/aromatic N) is 1. The molecule has 0 aromatic heterocycles.